The van der Waals surface area contributed by atoms with E-state index in [1.54, 1.807) is 0 Å². The Morgan fingerprint density at radius 3 is 2.69 bits per heavy atom. The van der Waals surface area contributed by atoms with Crippen LogP contribution >= 0.6 is 24.4 Å². The molecule has 0 fully saturated rings. The van der Waals surface area contributed by atoms with Crippen LogP contribution < -0.4 is 0 Å². The van der Waals surface area contributed by atoms with E-state index in [0.29, 0.717) is 18.2 Å². The standard InChI is InChI=1S/C9H19NOS2/c1-8(5-7-13-3)10(2)9(11)4-6-12/h8,12H,4-7H2,1-3H3. The molecule has 0 aromatic carbocycles. The number of hydrogen-bond acceptors (Lipinski definition) is 3. The number of carbonyl (C=O) groups excluding carboxylic acids is 1. The van der Waals surface area contributed by atoms with Crippen LogP contribution in [0.3, 0.4) is 0 Å². The summed E-state index contributed by atoms with van der Waals surface area (Å²) >= 11 is 5.86. The predicted octanol–water partition coefficient (Wildman–Crippen LogP) is 1.91. The Morgan fingerprint density at radius 1 is 1.62 bits per heavy atom. The number of hydrogen-bond donors (Lipinski definition) is 1. The van der Waals surface area contributed by atoms with E-state index < -0.39 is 0 Å². The summed E-state index contributed by atoms with van der Waals surface area (Å²) < 4.78 is 0. The highest BCUT2D eigenvalue weighted by molar-refractivity contribution is 7.98. The van der Waals surface area contributed by atoms with Crippen molar-refractivity contribution < 1.29 is 4.79 Å². The molecule has 0 saturated heterocycles. The molecule has 0 N–H and O–H groups in total. The maximum atomic E-state index is 11.4. The van der Waals surface area contributed by atoms with E-state index in [4.69, 9.17) is 0 Å². The van der Waals surface area contributed by atoms with Gasteiger partial charge in [-0.2, -0.15) is 24.4 Å². The first kappa shape index (κ1) is 13.2. The van der Waals surface area contributed by atoms with Gasteiger partial charge in [-0.05, 0) is 31.1 Å². The van der Waals surface area contributed by atoms with Crippen molar-refractivity contribution >= 4 is 30.3 Å². The Kier molecular flexibility index (Phi) is 7.66. The summed E-state index contributed by atoms with van der Waals surface area (Å²) in [5, 5.41) is 0. The first-order valence-corrected chi connectivity index (χ1v) is 6.51. The largest absolute Gasteiger partial charge is 0.343 e. The molecule has 4 heteroatoms. The lowest BCUT2D eigenvalue weighted by Gasteiger charge is -2.24. The number of thiol groups is 1. The Hall–Kier alpha value is 0.170. The van der Waals surface area contributed by atoms with Gasteiger partial charge >= 0.3 is 0 Å². The Balaban J connectivity index is 3.79. The molecule has 0 heterocycles. The van der Waals surface area contributed by atoms with Crippen LogP contribution in [0.4, 0.5) is 0 Å². The van der Waals surface area contributed by atoms with Gasteiger partial charge in [0.1, 0.15) is 0 Å². The van der Waals surface area contributed by atoms with Gasteiger partial charge in [-0.3, -0.25) is 4.79 Å². The van der Waals surface area contributed by atoms with Crippen molar-refractivity contribution in [1.82, 2.24) is 4.90 Å². The van der Waals surface area contributed by atoms with Gasteiger partial charge in [0.05, 0.1) is 0 Å². The van der Waals surface area contributed by atoms with Gasteiger partial charge in [-0.1, -0.05) is 0 Å². The normalized spacial score (nSPS) is 12.6. The monoisotopic (exact) mass is 221 g/mol. The predicted molar refractivity (Wildman–Crippen MR) is 63.7 cm³/mol. The summed E-state index contributed by atoms with van der Waals surface area (Å²) in [6, 6.07) is 0.347. The minimum Gasteiger partial charge on any atom is -0.343 e. The van der Waals surface area contributed by atoms with E-state index >= 15 is 0 Å². The topological polar surface area (TPSA) is 20.3 Å². The molecule has 2 nitrogen and oxygen atoms in total. The zero-order valence-corrected chi connectivity index (χ0v) is 10.3. The average molecular weight is 221 g/mol. The molecule has 0 aliphatic carbocycles. The summed E-state index contributed by atoms with van der Waals surface area (Å²) in [5.41, 5.74) is 0. The van der Waals surface area contributed by atoms with Crippen LogP contribution in [0.2, 0.25) is 0 Å². The van der Waals surface area contributed by atoms with Crippen molar-refractivity contribution in [3.05, 3.63) is 0 Å². The van der Waals surface area contributed by atoms with E-state index in [0.717, 1.165) is 12.2 Å². The average Bonchev–Trinajstić information content (AvgIpc) is 2.13. The van der Waals surface area contributed by atoms with Crippen molar-refractivity contribution in [2.45, 2.75) is 25.8 Å². The molecular weight excluding hydrogens is 202 g/mol. The second-order valence-corrected chi connectivity index (χ2v) is 4.54. The molecule has 1 unspecified atom stereocenters. The highest BCUT2D eigenvalue weighted by Gasteiger charge is 2.13. The van der Waals surface area contributed by atoms with Crippen LogP contribution in [0.1, 0.15) is 19.8 Å². The molecule has 0 rings (SSSR count). The minimum atomic E-state index is 0.198. The molecular formula is C9H19NOS2. The van der Waals surface area contributed by atoms with E-state index in [9.17, 15) is 4.79 Å². The summed E-state index contributed by atoms with van der Waals surface area (Å²) in [7, 11) is 1.87. The molecule has 0 aliphatic heterocycles. The van der Waals surface area contributed by atoms with Gasteiger partial charge < -0.3 is 4.90 Å². The summed E-state index contributed by atoms with van der Waals surface area (Å²) in [6.45, 7) is 2.09. The smallest absolute Gasteiger partial charge is 0.223 e. The third kappa shape index (κ3) is 5.47. The second kappa shape index (κ2) is 7.56. The molecule has 1 atom stereocenters. The van der Waals surface area contributed by atoms with Crippen molar-refractivity contribution in [3.8, 4) is 0 Å². The molecule has 0 aromatic heterocycles. The number of rotatable bonds is 6. The summed E-state index contributed by atoms with van der Waals surface area (Å²) in [5.74, 6) is 1.95. The molecule has 0 aliphatic rings. The van der Waals surface area contributed by atoms with Crippen LogP contribution in [-0.2, 0) is 4.79 Å². The minimum absolute atomic E-state index is 0.198. The molecule has 0 saturated carbocycles. The van der Waals surface area contributed by atoms with Crippen LogP contribution in [-0.4, -0.2) is 41.7 Å². The third-order valence-corrected chi connectivity index (χ3v) is 2.99. The molecule has 0 spiro atoms. The van der Waals surface area contributed by atoms with E-state index in [1.807, 2.05) is 23.7 Å². The maximum absolute atomic E-state index is 11.4. The number of thioether (sulfide) groups is 1. The first-order valence-electron chi connectivity index (χ1n) is 4.49. The Morgan fingerprint density at radius 2 is 2.23 bits per heavy atom. The van der Waals surface area contributed by atoms with Crippen LogP contribution in [0, 0.1) is 0 Å². The van der Waals surface area contributed by atoms with Gasteiger partial charge in [-0.15, -0.1) is 0 Å². The van der Waals surface area contributed by atoms with E-state index in [2.05, 4.69) is 25.8 Å². The highest BCUT2D eigenvalue weighted by atomic mass is 32.2. The van der Waals surface area contributed by atoms with E-state index in [1.165, 1.54) is 0 Å². The Labute approximate surface area is 90.9 Å². The zero-order valence-electron chi connectivity index (χ0n) is 8.62. The van der Waals surface area contributed by atoms with Gasteiger partial charge in [0.25, 0.3) is 0 Å². The first-order chi connectivity index (χ1) is 6.13. The highest BCUT2D eigenvalue weighted by Crippen LogP contribution is 2.07. The fourth-order valence-corrected chi connectivity index (χ4v) is 1.77. The molecule has 0 aromatic rings. The van der Waals surface area contributed by atoms with Gasteiger partial charge in [0.15, 0.2) is 0 Å². The number of carbonyl (C=O) groups is 1. The quantitative estimate of drug-likeness (QED) is 0.691. The lowest BCUT2D eigenvalue weighted by Crippen LogP contribution is -2.35. The molecule has 13 heavy (non-hydrogen) atoms. The van der Waals surface area contributed by atoms with Crippen molar-refractivity contribution in [3.63, 3.8) is 0 Å². The van der Waals surface area contributed by atoms with Crippen molar-refractivity contribution in [2.24, 2.45) is 0 Å². The molecule has 0 bridgehead atoms. The van der Waals surface area contributed by atoms with E-state index in [-0.39, 0.29) is 5.91 Å². The fraction of sp³-hybridized carbons (Fsp3) is 0.889. The van der Waals surface area contributed by atoms with Crippen LogP contribution in [0.5, 0.6) is 0 Å². The fourth-order valence-electron chi connectivity index (χ4n) is 1.000. The lowest BCUT2D eigenvalue weighted by molar-refractivity contribution is -0.131. The molecule has 1 amide bonds. The van der Waals surface area contributed by atoms with Gasteiger partial charge in [0.2, 0.25) is 5.91 Å². The van der Waals surface area contributed by atoms with Gasteiger partial charge in [-0.25, -0.2) is 0 Å². The van der Waals surface area contributed by atoms with Crippen LogP contribution in [0.25, 0.3) is 0 Å². The molecule has 78 valence electrons. The molecule has 0 radical (unpaired) electrons. The maximum Gasteiger partial charge on any atom is 0.223 e. The summed E-state index contributed by atoms with van der Waals surface area (Å²) in [6.07, 6.45) is 3.70. The van der Waals surface area contributed by atoms with Gasteiger partial charge in [0, 0.05) is 19.5 Å². The summed E-state index contributed by atoms with van der Waals surface area (Å²) in [4.78, 5) is 13.2. The van der Waals surface area contributed by atoms with Crippen LogP contribution in [0.15, 0.2) is 0 Å². The SMILES string of the molecule is CSCCC(C)N(C)C(=O)CCS. The number of amides is 1. The number of nitrogens with zero attached hydrogens (tertiary/aromatic N) is 1. The third-order valence-electron chi connectivity index (χ3n) is 2.12. The lowest BCUT2D eigenvalue weighted by atomic mass is 10.2. The van der Waals surface area contributed by atoms with Crippen molar-refractivity contribution in [1.29, 1.82) is 0 Å². The zero-order chi connectivity index (χ0) is 10.3. The van der Waals surface area contributed by atoms with Crippen molar-refractivity contribution in [2.75, 3.05) is 24.8 Å². The Bertz CT molecular complexity index is 153. The second-order valence-electron chi connectivity index (χ2n) is 3.11.